The van der Waals surface area contributed by atoms with Crippen molar-refractivity contribution in [3.05, 3.63) is 40.2 Å². The first-order valence-electron chi connectivity index (χ1n) is 11.5. The van der Waals surface area contributed by atoms with Gasteiger partial charge in [-0.05, 0) is 43.0 Å². The molecule has 3 aromatic rings. The molecular formula is C23H27ClN4O3S3. The molecule has 2 aliphatic rings. The van der Waals surface area contributed by atoms with Gasteiger partial charge in [0.15, 0.2) is 5.13 Å². The number of piperidine rings is 1. The lowest BCUT2D eigenvalue weighted by Crippen LogP contribution is -2.52. The number of para-hydroxylation sites is 1. The summed E-state index contributed by atoms with van der Waals surface area (Å²) in [4.78, 5) is 22.3. The van der Waals surface area contributed by atoms with Gasteiger partial charge >= 0.3 is 0 Å². The molecule has 0 aliphatic carbocycles. The normalized spacial score (nSPS) is 18.6. The molecule has 0 bridgehead atoms. The van der Waals surface area contributed by atoms with Gasteiger partial charge in [-0.15, -0.1) is 11.3 Å². The molecule has 0 atom stereocenters. The number of aromatic nitrogens is 1. The lowest BCUT2D eigenvalue weighted by Gasteiger charge is -2.38. The highest BCUT2D eigenvalue weighted by molar-refractivity contribution is 7.91. The number of halogens is 1. The van der Waals surface area contributed by atoms with Crippen LogP contribution >= 0.6 is 34.3 Å². The van der Waals surface area contributed by atoms with Crippen LogP contribution in [-0.2, 0) is 21.2 Å². The summed E-state index contributed by atoms with van der Waals surface area (Å²) in [6, 6.07) is 9.50. The second-order valence-corrected chi connectivity index (χ2v) is 13.6. The minimum Gasteiger partial charge on any atom is -0.345 e. The Morgan fingerprint density at radius 3 is 2.44 bits per heavy atom. The summed E-state index contributed by atoms with van der Waals surface area (Å²) in [7, 11) is -3.54. The van der Waals surface area contributed by atoms with E-state index < -0.39 is 10.0 Å². The van der Waals surface area contributed by atoms with Gasteiger partial charge in [-0.25, -0.2) is 13.4 Å². The van der Waals surface area contributed by atoms with Crippen LogP contribution in [0, 0.1) is 5.92 Å². The molecule has 2 aliphatic heterocycles. The highest BCUT2D eigenvalue weighted by Crippen LogP contribution is 2.33. The van der Waals surface area contributed by atoms with Crippen molar-refractivity contribution in [2.24, 2.45) is 5.92 Å². The van der Waals surface area contributed by atoms with E-state index in [-0.39, 0.29) is 16.0 Å². The molecule has 0 N–H and O–H groups in total. The maximum Gasteiger partial charge on any atom is 0.252 e. The number of piperazine rings is 1. The topological polar surface area (TPSA) is 73.8 Å². The Kier molecular flexibility index (Phi) is 6.87. The van der Waals surface area contributed by atoms with E-state index in [0.717, 1.165) is 41.5 Å². The average molecular weight is 539 g/mol. The zero-order valence-corrected chi connectivity index (χ0v) is 22.1. The minimum absolute atomic E-state index is 0.125. The summed E-state index contributed by atoms with van der Waals surface area (Å²) in [5.74, 6) is 0.0212. The third-order valence-corrected chi connectivity index (χ3v) is 11.4. The van der Waals surface area contributed by atoms with E-state index >= 15 is 0 Å². The summed E-state index contributed by atoms with van der Waals surface area (Å²) < 4.78 is 29.1. The number of hydrogen-bond acceptors (Lipinski definition) is 7. The SMILES string of the molecule is CCc1cccc2sc(N3CCN(C(=O)C4CCN(S(=O)(=O)c5ccc(Cl)s5)CC4)CC3)nc12. The minimum atomic E-state index is -3.54. The molecule has 0 radical (unpaired) electrons. The number of amides is 1. The molecule has 34 heavy (non-hydrogen) atoms. The van der Waals surface area contributed by atoms with E-state index in [2.05, 4.69) is 30.0 Å². The summed E-state index contributed by atoms with van der Waals surface area (Å²) in [6.45, 7) is 5.73. The number of thiazole rings is 1. The lowest BCUT2D eigenvalue weighted by atomic mass is 9.96. The van der Waals surface area contributed by atoms with E-state index in [1.54, 1.807) is 23.5 Å². The summed E-state index contributed by atoms with van der Waals surface area (Å²) in [5.41, 5.74) is 2.36. The van der Waals surface area contributed by atoms with Crippen LogP contribution in [0.2, 0.25) is 4.34 Å². The molecule has 0 unspecified atom stereocenters. The third kappa shape index (κ3) is 4.58. The maximum absolute atomic E-state index is 13.2. The van der Waals surface area contributed by atoms with Gasteiger partial charge < -0.3 is 9.80 Å². The van der Waals surface area contributed by atoms with Crippen molar-refractivity contribution in [1.29, 1.82) is 0 Å². The number of nitrogens with zero attached hydrogens (tertiary/aromatic N) is 4. The first kappa shape index (κ1) is 24.0. The maximum atomic E-state index is 13.2. The highest BCUT2D eigenvalue weighted by atomic mass is 35.5. The first-order chi connectivity index (χ1) is 16.4. The van der Waals surface area contributed by atoms with Crippen LogP contribution in [0.3, 0.4) is 0 Å². The monoisotopic (exact) mass is 538 g/mol. The van der Waals surface area contributed by atoms with Gasteiger partial charge in [0.25, 0.3) is 10.0 Å². The molecule has 2 saturated heterocycles. The Hall–Kier alpha value is -1.72. The molecular weight excluding hydrogens is 512 g/mol. The smallest absolute Gasteiger partial charge is 0.252 e. The number of carbonyl (C=O) groups is 1. The number of benzene rings is 1. The Bertz CT molecular complexity index is 1290. The average Bonchev–Trinajstić information content (AvgIpc) is 3.50. The number of fused-ring (bicyclic) bond motifs is 1. The zero-order valence-electron chi connectivity index (χ0n) is 18.9. The molecule has 2 aromatic heterocycles. The van der Waals surface area contributed by atoms with Crippen molar-refractivity contribution >= 4 is 65.6 Å². The van der Waals surface area contributed by atoms with Gasteiger partial charge in [-0.1, -0.05) is 42.0 Å². The predicted octanol–water partition coefficient (Wildman–Crippen LogP) is 4.32. The van der Waals surface area contributed by atoms with E-state index in [4.69, 9.17) is 16.6 Å². The van der Waals surface area contributed by atoms with Crippen LogP contribution in [0.25, 0.3) is 10.2 Å². The molecule has 0 saturated carbocycles. The number of hydrogen-bond donors (Lipinski definition) is 0. The zero-order chi connectivity index (χ0) is 23.9. The molecule has 4 heterocycles. The molecule has 7 nitrogen and oxygen atoms in total. The van der Waals surface area contributed by atoms with Gasteiger partial charge in [-0.2, -0.15) is 4.31 Å². The first-order valence-corrected chi connectivity index (χ1v) is 15.0. The lowest BCUT2D eigenvalue weighted by molar-refractivity contribution is -0.137. The van der Waals surface area contributed by atoms with Crippen molar-refractivity contribution in [2.75, 3.05) is 44.2 Å². The van der Waals surface area contributed by atoms with Crippen molar-refractivity contribution in [3.63, 3.8) is 0 Å². The molecule has 2 fully saturated rings. The van der Waals surface area contributed by atoms with Crippen LogP contribution < -0.4 is 4.90 Å². The largest absolute Gasteiger partial charge is 0.345 e. The number of rotatable bonds is 5. The fraction of sp³-hybridized carbons (Fsp3) is 0.478. The van der Waals surface area contributed by atoms with E-state index in [9.17, 15) is 13.2 Å². The number of sulfonamides is 1. The van der Waals surface area contributed by atoms with Crippen LogP contribution in [0.5, 0.6) is 0 Å². The molecule has 11 heteroatoms. The van der Waals surface area contributed by atoms with Gasteiger partial charge in [0.2, 0.25) is 5.91 Å². The van der Waals surface area contributed by atoms with Crippen molar-refractivity contribution < 1.29 is 13.2 Å². The van der Waals surface area contributed by atoms with Crippen LogP contribution in [0.4, 0.5) is 5.13 Å². The van der Waals surface area contributed by atoms with Gasteiger partial charge in [0, 0.05) is 45.2 Å². The molecule has 1 amide bonds. The highest BCUT2D eigenvalue weighted by Gasteiger charge is 2.35. The Labute approximate surface area is 213 Å². The fourth-order valence-corrected chi connectivity index (χ4v) is 8.87. The van der Waals surface area contributed by atoms with Crippen LogP contribution in [0.1, 0.15) is 25.3 Å². The molecule has 0 spiro atoms. The second kappa shape index (κ2) is 9.73. The quantitative estimate of drug-likeness (QED) is 0.483. The van der Waals surface area contributed by atoms with E-state index in [0.29, 0.717) is 43.4 Å². The van der Waals surface area contributed by atoms with Crippen molar-refractivity contribution in [1.82, 2.24) is 14.2 Å². The number of anilines is 1. The Morgan fingerprint density at radius 2 is 1.79 bits per heavy atom. The molecule has 1 aromatic carbocycles. The third-order valence-electron chi connectivity index (χ3n) is 6.68. The Balaban J connectivity index is 1.17. The molecule has 5 rings (SSSR count). The van der Waals surface area contributed by atoms with E-state index in [1.165, 1.54) is 14.6 Å². The standard InChI is InChI=1S/C23H27ClN4O3S3/c1-2-16-4-3-5-18-21(16)25-23(32-18)27-14-12-26(13-15-27)22(29)17-8-10-28(11-9-17)34(30,31)20-7-6-19(24)33-20/h3-7,17H,2,8-15H2,1H3. The van der Waals surface area contributed by atoms with Gasteiger partial charge in [0.05, 0.1) is 14.6 Å². The van der Waals surface area contributed by atoms with Crippen LogP contribution in [0.15, 0.2) is 34.5 Å². The predicted molar refractivity (Wildman–Crippen MR) is 139 cm³/mol. The summed E-state index contributed by atoms with van der Waals surface area (Å²) in [6.07, 6.45) is 2.06. The molecule has 182 valence electrons. The second-order valence-electron chi connectivity index (χ2n) is 8.66. The summed E-state index contributed by atoms with van der Waals surface area (Å²) >= 11 is 8.70. The van der Waals surface area contributed by atoms with Crippen molar-refractivity contribution in [2.45, 2.75) is 30.4 Å². The van der Waals surface area contributed by atoms with E-state index in [1.807, 2.05) is 4.90 Å². The van der Waals surface area contributed by atoms with Gasteiger partial charge in [-0.3, -0.25) is 4.79 Å². The van der Waals surface area contributed by atoms with Crippen molar-refractivity contribution in [3.8, 4) is 0 Å². The summed E-state index contributed by atoms with van der Waals surface area (Å²) in [5, 5.41) is 1.02. The van der Waals surface area contributed by atoms with Gasteiger partial charge in [0.1, 0.15) is 4.21 Å². The Morgan fingerprint density at radius 1 is 1.06 bits per heavy atom. The number of thiophene rings is 1. The fourth-order valence-electron chi connectivity index (χ4n) is 4.70. The van der Waals surface area contributed by atoms with Crippen LogP contribution in [-0.4, -0.2) is 67.8 Å². The number of carbonyl (C=O) groups excluding carboxylic acids is 1. The number of aryl methyl sites for hydroxylation is 1.